The minimum atomic E-state index is -4.65. The van der Waals surface area contributed by atoms with Gasteiger partial charge in [0.1, 0.15) is 17.4 Å². The average molecular weight is 468 g/mol. The topological polar surface area (TPSA) is 88.8 Å². The highest BCUT2D eigenvalue weighted by molar-refractivity contribution is 7.92. The van der Waals surface area contributed by atoms with Gasteiger partial charge in [0.05, 0.1) is 16.1 Å². The number of alkyl halides is 3. The zero-order chi connectivity index (χ0) is 23.1. The van der Waals surface area contributed by atoms with E-state index in [1.165, 1.54) is 24.3 Å². The summed E-state index contributed by atoms with van der Waals surface area (Å²) in [6.07, 6.45) is -4.51. The molecule has 1 aliphatic heterocycles. The summed E-state index contributed by atoms with van der Waals surface area (Å²) in [5.74, 6) is -0.432. The van der Waals surface area contributed by atoms with Gasteiger partial charge in [-0.2, -0.15) is 13.2 Å². The molecule has 7 nitrogen and oxygen atoms in total. The van der Waals surface area contributed by atoms with Crippen LogP contribution < -0.4 is 15.1 Å². The van der Waals surface area contributed by atoms with Crippen molar-refractivity contribution in [3.05, 3.63) is 64.5 Å². The Kier molecular flexibility index (Phi) is 5.63. The first kappa shape index (κ1) is 22.2. The molecule has 0 saturated carbocycles. The minimum absolute atomic E-state index is 0.0703. The SMILES string of the molecule is CN1CC[C@@H](Oc2cc(NS(=O)(=O)c3ccc4oc(=O)ccc4c3)ccc2C(F)(F)F)C1. The van der Waals surface area contributed by atoms with Crippen molar-refractivity contribution in [3.63, 3.8) is 0 Å². The van der Waals surface area contributed by atoms with E-state index in [1.807, 2.05) is 11.9 Å². The van der Waals surface area contributed by atoms with E-state index in [2.05, 4.69) is 4.72 Å². The van der Waals surface area contributed by atoms with Gasteiger partial charge in [0.15, 0.2) is 0 Å². The number of nitrogens with zero attached hydrogens (tertiary/aromatic N) is 1. The second-order valence-electron chi connectivity index (χ2n) is 7.56. The first-order valence-electron chi connectivity index (χ1n) is 9.64. The van der Waals surface area contributed by atoms with Gasteiger partial charge in [-0.15, -0.1) is 0 Å². The van der Waals surface area contributed by atoms with Gasteiger partial charge in [-0.3, -0.25) is 4.72 Å². The molecule has 1 fully saturated rings. The van der Waals surface area contributed by atoms with Gasteiger partial charge in [-0.1, -0.05) is 0 Å². The fourth-order valence-corrected chi connectivity index (χ4v) is 4.60. The summed E-state index contributed by atoms with van der Waals surface area (Å²) < 4.78 is 78.9. The summed E-state index contributed by atoms with van der Waals surface area (Å²) in [5, 5.41) is 0.384. The van der Waals surface area contributed by atoms with Crippen LogP contribution in [0.15, 0.2) is 62.6 Å². The third-order valence-electron chi connectivity index (χ3n) is 5.08. The van der Waals surface area contributed by atoms with Crippen LogP contribution in [0.3, 0.4) is 0 Å². The van der Waals surface area contributed by atoms with E-state index >= 15 is 0 Å². The molecule has 4 rings (SSSR count). The lowest BCUT2D eigenvalue weighted by Gasteiger charge is -2.19. The molecular weight excluding hydrogens is 449 g/mol. The number of halogens is 3. The molecule has 0 aliphatic carbocycles. The van der Waals surface area contributed by atoms with Crippen LogP contribution in [0.2, 0.25) is 0 Å². The first-order valence-corrected chi connectivity index (χ1v) is 11.1. The summed E-state index contributed by atoms with van der Waals surface area (Å²) in [7, 11) is -2.29. The van der Waals surface area contributed by atoms with Gasteiger partial charge >= 0.3 is 11.8 Å². The number of fused-ring (bicyclic) bond motifs is 1. The molecule has 0 radical (unpaired) electrons. The lowest BCUT2D eigenvalue weighted by Crippen LogP contribution is -2.23. The lowest BCUT2D eigenvalue weighted by atomic mass is 10.1. The number of nitrogens with one attached hydrogen (secondary N) is 1. The fourth-order valence-electron chi connectivity index (χ4n) is 3.52. The van der Waals surface area contributed by atoms with Crippen LogP contribution in [-0.2, 0) is 16.2 Å². The van der Waals surface area contributed by atoms with E-state index in [9.17, 15) is 26.4 Å². The van der Waals surface area contributed by atoms with Gasteiger partial charge in [0, 0.05) is 30.6 Å². The molecular formula is C21H19F3N2O5S. The molecule has 2 aromatic carbocycles. The van der Waals surface area contributed by atoms with Crippen LogP contribution in [0.25, 0.3) is 11.0 Å². The molecule has 32 heavy (non-hydrogen) atoms. The Hall–Kier alpha value is -3.05. The summed E-state index contributed by atoms with van der Waals surface area (Å²) >= 11 is 0. The molecule has 1 saturated heterocycles. The number of likely N-dealkylation sites (N-methyl/N-ethyl adjacent to an activating group) is 1. The molecule has 2 heterocycles. The van der Waals surface area contributed by atoms with Crippen molar-refractivity contribution >= 4 is 26.7 Å². The van der Waals surface area contributed by atoms with Crippen molar-refractivity contribution in [2.24, 2.45) is 0 Å². The Balaban J connectivity index is 1.65. The molecule has 170 valence electrons. The van der Waals surface area contributed by atoms with Gasteiger partial charge in [-0.05, 0) is 49.9 Å². The predicted molar refractivity (Wildman–Crippen MR) is 111 cm³/mol. The van der Waals surface area contributed by atoms with Crippen LogP contribution in [0.4, 0.5) is 18.9 Å². The van der Waals surface area contributed by atoms with E-state index in [-0.39, 0.29) is 16.2 Å². The monoisotopic (exact) mass is 468 g/mol. The summed E-state index contributed by atoms with van der Waals surface area (Å²) in [4.78, 5) is 13.1. The van der Waals surface area contributed by atoms with Crippen molar-refractivity contribution in [2.45, 2.75) is 23.6 Å². The summed E-state index contributed by atoms with van der Waals surface area (Å²) in [6.45, 7) is 1.17. The van der Waals surface area contributed by atoms with E-state index in [1.54, 1.807) is 0 Å². The number of likely N-dealkylation sites (tertiary alicyclic amines) is 1. The summed E-state index contributed by atoms with van der Waals surface area (Å²) in [5.41, 5.74) is -1.41. The van der Waals surface area contributed by atoms with Crippen molar-refractivity contribution in [3.8, 4) is 5.75 Å². The smallest absolute Gasteiger partial charge is 0.419 e. The Labute approximate surface area is 181 Å². The molecule has 0 bridgehead atoms. The Morgan fingerprint density at radius 1 is 1.12 bits per heavy atom. The highest BCUT2D eigenvalue weighted by Crippen LogP contribution is 2.39. The number of sulfonamides is 1. The van der Waals surface area contributed by atoms with Crippen LogP contribution in [0.1, 0.15) is 12.0 Å². The number of ether oxygens (including phenoxy) is 1. The quantitative estimate of drug-likeness (QED) is 0.575. The van der Waals surface area contributed by atoms with Gasteiger partial charge in [0.25, 0.3) is 10.0 Å². The zero-order valence-electron chi connectivity index (χ0n) is 16.8. The second kappa shape index (κ2) is 8.14. The molecule has 0 spiro atoms. The third-order valence-corrected chi connectivity index (χ3v) is 6.46. The number of hydrogen-bond donors (Lipinski definition) is 1. The van der Waals surface area contributed by atoms with Gasteiger partial charge in [-0.25, -0.2) is 13.2 Å². The zero-order valence-corrected chi connectivity index (χ0v) is 17.7. The molecule has 0 amide bonds. The first-order chi connectivity index (χ1) is 15.0. The van der Waals surface area contributed by atoms with Gasteiger partial charge in [0.2, 0.25) is 0 Å². The van der Waals surface area contributed by atoms with E-state index in [4.69, 9.17) is 9.15 Å². The highest BCUT2D eigenvalue weighted by Gasteiger charge is 2.36. The Morgan fingerprint density at radius 3 is 2.59 bits per heavy atom. The van der Waals surface area contributed by atoms with Crippen LogP contribution in [0.5, 0.6) is 5.75 Å². The minimum Gasteiger partial charge on any atom is -0.488 e. The van der Waals surface area contributed by atoms with Crippen LogP contribution >= 0.6 is 0 Å². The highest BCUT2D eigenvalue weighted by atomic mass is 32.2. The van der Waals surface area contributed by atoms with Crippen LogP contribution in [0, 0.1) is 0 Å². The number of rotatable bonds is 5. The fraction of sp³-hybridized carbons (Fsp3) is 0.286. The van der Waals surface area contributed by atoms with Crippen molar-refractivity contribution in [1.29, 1.82) is 0 Å². The molecule has 1 N–H and O–H groups in total. The number of hydrogen-bond acceptors (Lipinski definition) is 6. The Bertz CT molecular complexity index is 1320. The van der Waals surface area contributed by atoms with Crippen molar-refractivity contribution in [2.75, 3.05) is 24.9 Å². The Morgan fingerprint density at radius 2 is 1.91 bits per heavy atom. The van der Waals surface area contributed by atoms with E-state index in [0.717, 1.165) is 24.3 Å². The molecule has 1 atom stereocenters. The predicted octanol–water partition coefficient (Wildman–Crippen LogP) is 3.70. The van der Waals surface area contributed by atoms with Crippen molar-refractivity contribution in [1.82, 2.24) is 4.90 Å². The molecule has 1 aromatic heterocycles. The molecule has 3 aromatic rings. The average Bonchev–Trinajstić information content (AvgIpc) is 3.11. The van der Waals surface area contributed by atoms with E-state index < -0.39 is 39.2 Å². The molecule has 0 unspecified atom stereocenters. The standard InChI is InChI=1S/C21H19F3N2O5S/c1-26-9-8-15(12-26)30-19-11-14(3-5-17(19)21(22,23)24)25-32(28,29)16-4-6-18-13(10-16)2-7-20(27)31-18/h2-7,10-11,15,25H,8-9,12H2,1H3/t15-/m1/s1. The maximum absolute atomic E-state index is 13.5. The van der Waals surface area contributed by atoms with Gasteiger partial charge < -0.3 is 14.1 Å². The molecule has 1 aliphatic rings. The molecule has 11 heteroatoms. The van der Waals surface area contributed by atoms with Crippen molar-refractivity contribution < 1.29 is 30.7 Å². The number of anilines is 1. The van der Waals surface area contributed by atoms with E-state index in [0.29, 0.717) is 24.9 Å². The second-order valence-corrected chi connectivity index (χ2v) is 9.24. The largest absolute Gasteiger partial charge is 0.488 e. The summed E-state index contributed by atoms with van der Waals surface area (Å²) in [6, 6.07) is 9.33. The third kappa shape index (κ3) is 4.73. The maximum atomic E-state index is 13.5. The normalized spacial score (nSPS) is 17.6. The number of benzene rings is 2. The lowest BCUT2D eigenvalue weighted by molar-refractivity contribution is -0.139. The van der Waals surface area contributed by atoms with Crippen LogP contribution in [-0.4, -0.2) is 39.6 Å². The maximum Gasteiger partial charge on any atom is 0.419 e.